The molecule has 1 aromatic heterocycles. The number of carbonyl (C=O) groups excluding carboxylic acids is 1. The van der Waals surface area contributed by atoms with Crippen molar-refractivity contribution in [3.8, 4) is 0 Å². The number of anilines is 3. The summed E-state index contributed by atoms with van der Waals surface area (Å²) < 4.78 is 12.9. The van der Waals surface area contributed by atoms with Gasteiger partial charge in [-0.05, 0) is 24.3 Å². The van der Waals surface area contributed by atoms with Gasteiger partial charge in [-0.2, -0.15) is 5.10 Å². The number of rotatable bonds is 3. The van der Waals surface area contributed by atoms with Gasteiger partial charge in [-0.1, -0.05) is 0 Å². The van der Waals surface area contributed by atoms with Crippen LogP contribution >= 0.6 is 0 Å². The number of hydrogen-bond acceptors (Lipinski definition) is 5. The van der Waals surface area contributed by atoms with Crippen molar-refractivity contribution in [1.82, 2.24) is 15.1 Å². The van der Waals surface area contributed by atoms with E-state index >= 15 is 0 Å². The van der Waals surface area contributed by atoms with Crippen molar-refractivity contribution in [2.24, 2.45) is 0 Å². The van der Waals surface area contributed by atoms with Crippen LogP contribution in [0.3, 0.4) is 0 Å². The van der Waals surface area contributed by atoms with Crippen LogP contribution in [0.4, 0.5) is 26.4 Å². The molecule has 0 unspecified atom stereocenters. The van der Waals surface area contributed by atoms with Crippen LogP contribution in [0.2, 0.25) is 0 Å². The highest BCUT2D eigenvalue weighted by Gasteiger charge is 2.22. The highest BCUT2D eigenvalue weighted by Crippen LogP contribution is 2.19. The van der Waals surface area contributed by atoms with E-state index in [-0.39, 0.29) is 11.8 Å². The number of urea groups is 1. The molecule has 1 fully saturated rings. The maximum atomic E-state index is 12.9. The van der Waals surface area contributed by atoms with Gasteiger partial charge in [0.25, 0.3) is 0 Å². The van der Waals surface area contributed by atoms with E-state index in [4.69, 9.17) is 0 Å². The SMILES string of the molecule is CN(C)c1cnnc(N2CCN(C(=O)Nc3ccc(F)cc3)CC2)c1. The van der Waals surface area contributed by atoms with Crippen LogP contribution in [0.25, 0.3) is 0 Å². The minimum atomic E-state index is -0.326. The molecule has 2 heterocycles. The van der Waals surface area contributed by atoms with Crippen molar-refractivity contribution >= 4 is 23.2 Å². The molecule has 2 amide bonds. The van der Waals surface area contributed by atoms with Gasteiger partial charge in [0.05, 0.1) is 11.9 Å². The number of piperazine rings is 1. The van der Waals surface area contributed by atoms with Gasteiger partial charge < -0.3 is 20.0 Å². The fourth-order valence-electron chi connectivity index (χ4n) is 2.62. The molecular formula is C17H21FN6O. The summed E-state index contributed by atoms with van der Waals surface area (Å²) in [5.74, 6) is 0.484. The summed E-state index contributed by atoms with van der Waals surface area (Å²) >= 11 is 0. The third-order valence-electron chi connectivity index (χ3n) is 4.13. The second-order valence-electron chi connectivity index (χ2n) is 6.08. The number of aromatic nitrogens is 2. The Morgan fingerprint density at radius 3 is 2.48 bits per heavy atom. The number of benzene rings is 1. The highest BCUT2D eigenvalue weighted by molar-refractivity contribution is 5.89. The lowest BCUT2D eigenvalue weighted by molar-refractivity contribution is 0.208. The molecule has 0 spiro atoms. The van der Waals surface area contributed by atoms with Crippen LogP contribution < -0.4 is 15.1 Å². The summed E-state index contributed by atoms with van der Waals surface area (Å²) in [4.78, 5) is 18.1. The van der Waals surface area contributed by atoms with Crippen molar-refractivity contribution in [1.29, 1.82) is 0 Å². The normalized spacial score (nSPS) is 14.4. The summed E-state index contributed by atoms with van der Waals surface area (Å²) in [6.07, 6.45) is 1.72. The first-order valence-electron chi connectivity index (χ1n) is 8.09. The van der Waals surface area contributed by atoms with Gasteiger partial charge >= 0.3 is 6.03 Å². The third-order valence-corrected chi connectivity index (χ3v) is 4.13. The van der Waals surface area contributed by atoms with E-state index in [1.165, 1.54) is 12.1 Å². The molecule has 0 aliphatic carbocycles. The lowest BCUT2D eigenvalue weighted by Gasteiger charge is -2.35. The third kappa shape index (κ3) is 4.14. The van der Waals surface area contributed by atoms with E-state index in [2.05, 4.69) is 20.4 Å². The summed E-state index contributed by atoms with van der Waals surface area (Å²) in [5, 5.41) is 11.0. The predicted octanol–water partition coefficient (Wildman–Crippen LogP) is 2.04. The zero-order chi connectivity index (χ0) is 17.8. The smallest absolute Gasteiger partial charge is 0.321 e. The summed E-state index contributed by atoms with van der Waals surface area (Å²) in [7, 11) is 3.91. The highest BCUT2D eigenvalue weighted by atomic mass is 19.1. The quantitative estimate of drug-likeness (QED) is 0.923. The summed E-state index contributed by atoms with van der Waals surface area (Å²) in [5.41, 5.74) is 1.57. The van der Waals surface area contributed by atoms with Crippen molar-refractivity contribution in [3.63, 3.8) is 0 Å². The molecule has 1 aliphatic rings. The fourth-order valence-corrected chi connectivity index (χ4v) is 2.62. The van der Waals surface area contributed by atoms with Gasteiger partial charge in [0.2, 0.25) is 0 Å². The van der Waals surface area contributed by atoms with E-state index in [1.807, 2.05) is 25.1 Å². The largest absolute Gasteiger partial charge is 0.376 e. The molecule has 0 atom stereocenters. The molecule has 2 aromatic rings. The van der Waals surface area contributed by atoms with Crippen molar-refractivity contribution in [2.45, 2.75) is 0 Å². The Morgan fingerprint density at radius 1 is 1.16 bits per heavy atom. The first kappa shape index (κ1) is 16.9. The molecule has 7 nitrogen and oxygen atoms in total. The maximum Gasteiger partial charge on any atom is 0.321 e. The Bertz CT molecular complexity index is 728. The van der Waals surface area contributed by atoms with Crippen molar-refractivity contribution in [2.75, 3.05) is 55.4 Å². The van der Waals surface area contributed by atoms with Crippen LogP contribution in [-0.2, 0) is 0 Å². The molecule has 3 rings (SSSR count). The topological polar surface area (TPSA) is 64.6 Å². The Kier molecular flexibility index (Phi) is 4.97. The molecule has 1 aromatic carbocycles. The van der Waals surface area contributed by atoms with Crippen LogP contribution in [0, 0.1) is 5.82 Å². The van der Waals surface area contributed by atoms with Gasteiger partial charge in [-0.3, -0.25) is 0 Å². The lowest BCUT2D eigenvalue weighted by Crippen LogP contribution is -2.50. The van der Waals surface area contributed by atoms with Crippen molar-refractivity contribution < 1.29 is 9.18 Å². The van der Waals surface area contributed by atoms with E-state index in [0.29, 0.717) is 31.9 Å². The minimum absolute atomic E-state index is 0.181. The van der Waals surface area contributed by atoms with E-state index < -0.39 is 0 Å². The first-order valence-corrected chi connectivity index (χ1v) is 8.09. The average molecular weight is 344 g/mol. The van der Waals surface area contributed by atoms with Gasteiger partial charge in [0.1, 0.15) is 5.82 Å². The number of carbonyl (C=O) groups is 1. The number of hydrogen-bond donors (Lipinski definition) is 1. The second-order valence-corrected chi connectivity index (χ2v) is 6.08. The number of amides is 2. The molecule has 25 heavy (non-hydrogen) atoms. The number of nitrogens with one attached hydrogen (secondary N) is 1. The molecule has 1 saturated heterocycles. The molecule has 1 aliphatic heterocycles. The standard InChI is InChI=1S/C17H21FN6O/c1-22(2)15-11-16(21-19-12-15)23-7-9-24(10-8-23)17(25)20-14-5-3-13(18)4-6-14/h3-6,11-12H,7-10H2,1-2H3,(H,20,25). The van der Waals surface area contributed by atoms with Crippen LogP contribution in [0.5, 0.6) is 0 Å². The fraction of sp³-hybridized carbons (Fsp3) is 0.353. The molecular weight excluding hydrogens is 323 g/mol. The number of halogens is 1. The molecule has 8 heteroatoms. The molecule has 1 N–H and O–H groups in total. The lowest BCUT2D eigenvalue weighted by atomic mass is 10.3. The molecule has 132 valence electrons. The van der Waals surface area contributed by atoms with Gasteiger partial charge in [0.15, 0.2) is 5.82 Å². The second kappa shape index (κ2) is 7.33. The monoisotopic (exact) mass is 344 g/mol. The zero-order valence-corrected chi connectivity index (χ0v) is 14.3. The Balaban J connectivity index is 1.57. The van der Waals surface area contributed by atoms with E-state index in [0.717, 1.165) is 11.5 Å². The van der Waals surface area contributed by atoms with E-state index in [9.17, 15) is 9.18 Å². The minimum Gasteiger partial charge on any atom is -0.376 e. The van der Waals surface area contributed by atoms with Crippen LogP contribution in [0.1, 0.15) is 0 Å². The number of nitrogens with zero attached hydrogens (tertiary/aromatic N) is 5. The molecule has 0 radical (unpaired) electrons. The summed E-state index contributed by atoms with van der Waals surface area (Å²) in [6, 6.07) is 7.55. The average Bonchev–Trinajstić information content (AvgIpc) is 2.64. The zero-order valence-electron chi connectivity index (χ0n) is 14.3. The van der Waals surface area contributed by atoms with Gasteiger partial charge in [-0.15, -0.1) is 5.10 Å². The Labute approximate surface area is 146 Å². The first-order chi connectivity index (χ1) is 12.0. The summed E-state index contributed by atoms with van der Waals surface area (Å²) in [6.45, 7) is 2.53. The van der Waals surface area contributed by atoms with Crippen LogP contribution in [0.15, 0.2) is 36.5 Å². The Hall–Kier alpha value is -2.90. The van der Waals surface area contributed by atoms with Crippen LogP contribution in [-0.4, -0.2) is 61.4 Å². The maximum absolute atomic E-state index is 12.9. The molecule has 0 saturated carbocycles. The van der Waals surface area contributed by atoms with E-state index in [1.54, 1.807) is 23.2 Å². The van der Waals surface area contributed by atoms with Gasteiger partial charge in [0, 0.05) is 52.0 Å². The molecule has 0 bridgehead atoms. The Morgan fingerprint density at radius 2 is 1.84 bits per heavy atom. The van der Waals surface area contributed by atoms with Gasteiger partial charge in [-0.25, -0.2) is 9.18 Å². The predicted molar refractivity (Wildman–Crippen MR) is 95.6 cm³/mol. The van der Waals surface area contributed by atoms with Crippen molar-refractivity contribution in [3.05, 3.63) is 42.3 Å².